The van der Waals surface area contributed by atoms with Gasteiger partial charge in [0.05, 0.1) is 16.1 Å². The van der Waals surface area contributed by atoms with Crippen molar-refractivity contribution in [3.63, 3.8) is 0 Å². The van der Waals surface area contributed by atoms with Gasteiger partial charge in [0.1, 0.15) is 6.33 Å². The second kappa shape index (κ2) is 5.00. The van der Waals surface area contributed by atoms with Crippen LogP contribution in [0.3, 0.4) is 0 Å². The van der Waals surface area contributed by atoms with Crippen LogP contribution in [-0.4, -0.2) is 19.9 Å². The van der Waals surface area contributed by atoms with Crippen LogP contribution >= 0.6 is 0 Å². The first kappa shape index (κ1) is 12.7. The molecule has 0 spiro atoms. The number of benzene rings is 1. The molecule has 8 nitrogen and oxygen atoms in total. The standard InChI is InChI=1S/C13H10N6O2/c14-12-11(19(20)21)13(17-7-16-12)18-9-5-1-3-8-4-2-6-15-10(8)9/h1-7H,(H3,14,16,17,18). The number of nitrogens with two attached hydrogens (primary N) is 1. The molecule has 0 saturated carbocycles. The van der Waals surface area contributed by atoms with Gasteiger partial charge in [-0.1, -0.05) is 18.2 Å². The van der Waals surface area contributed by atoms with Crippen molar-refractivity contribution in [1.29, 1.82) is 0 Å². The molecule has 3 aromatic rings. The molecule has 3 rings (SSSR count). The number of para-hydroxylation sites is 1. The second-order valence-electron chi connectivity index (χ2n) is 4.22. The normalized spacial score (nSPS) is 10.5. The first-order valence-corrected chi connectivity index (χ1v) is 6.02. The van der Waals surface area contributed by atoms with Gasteiger partial charge < -0.3 is 11.1 Å². The van der Waals surface area contributed by atoms with Crippen LogP contribution in [0.25, 0.3) is 10.9 Å². The molecule has 1 aromatic carbocycles. The molecule has 0 fully saturated rings. The smallest absolute Gasteiger partial charge is 0.353 e. The molecule has 2 heterocycles. The Hall–Kier alpha value is -3.29. The van der Waals surface area contributed by atoms with E-state index < -0.39 is 4.92 Å². The Morgan fingerprint density at radius 3 is 2.76 bits per heavy atom. The predicted molar refractivity (Wildman–Crippen MR) is 78.1 cm³/mol. The molecule has 0 atom stereocenters. The second-order valence-corrected chi connectivity index (χ2v) is 4.22. The van der Waals surface area contributed by atoms with Gasteiger partial charge in [-0.15, -0.1) is 0 Å². The van der Waals surface area contributed by atoms with Gasteiger partial charge in [0, 0.05) is 11.6 Å². The first-order valence-electron chi connectivity index (χ1n) is 6.02. The Balaban J connectivity index is 2.12. The summed E-state index contributed by atoms with van der Waals surface area (Å²) < 4.78 is 0. The molecule has 0 bridgehead atoms. The minimum atomic E-state index is -0.615. The highest BCUT2D eigenvalue weighted by Gasteiger charge is 2.21. The van der Waals surface area contributed by atoms with E-state index in [2.05, 4.69) is 20.3 Å². The number of pyridine rings is 1. The van der Waals surface area contributed by atoms with Gasteiger partial charge in [0.25, 0.3) is 0 Å². The number of nitrogens with one attached hydrogen (secondary N) is 1. The largest absolute Gasteiger partial charge is 0.378 e. The summed E-state index contributed by atoms with van der Waals surface area (Å²) >= 11 is 0. The van der Waals surface area contributed by atoms with Gasteiger partial charge in [-0.05, 0) is 12.1 Å². The molecule has 0 unspecified atom stereocenters. The van der Waals surface area contributed by atoms with Crippen molar-refractivity contribution >= 4 is 33.9 Å². The average molecular weight is 282 g/mol. The van der Waals surface area contributed by atoms with Crippen molar-refractivity contribution in [2.24, 2.45) is 0 Å². The van der Waals surface area contributed by atoms with Crippen LogP contribution in [0, 0.1) is 10.1 Å². The number of rotatable bonds is 3. The molecule has 21 heavy (non-hydrogen) atoms. The van der Waals surface area contributed by atoms with E-state index in [0.717, 1.165) is 5.39 Å². The van der Waals surface area contributed by atoms with Gasteiger partial charge in [-0.25, -0.2) is 9.97 Å². The summed E-state index contributed by atoms with van der Waals surface area (Å²) in [4.78, 5) is 22.3. The number of aromatic nitrogens is 3. The molecule has 0 aliphatic rings. The van der Waals surface area contributed by atoms with Gasteiger partial charge in [-0.3, -0.25) is 15.1 Å². The van der Waals surface area contributed by atoms with Crippen molar-refractivity contribution in [1.82, 2.24) is 15.0 Å². The van der Waals surface area contributed by atoms with Crippen LogP contribution in [-0.2, 0) is 0 Å². The van der Waals surface area contributed by atoms with Gasteiger partial charge >= 0.3 is 5.69 Å². The minimum absolute atomic E-state index is 0.0330. The molecule has 0 amide bonds. The molecule has 0 aliphatic heterocycles. The third kappa shape index (κ3) is 2.29. The lowest BCUT2D eigenvalue weighted by Crippen LogP contribution is -2.05. The summed E-state index contributed by atoms with van der Waals surface area (Å²) in [6.07, 6.45) is 2.82. The molecular formula is C13H10N6O2. The van der Waals surface area contributed by atoms with E-state index in [1.54, 1.807) is 12.3 Å². The maximum atomic E-state index is 11.1. The van der Waals surface area contributed by atoms with Crippen molar-refractivity contribution in [2.75, 3.05) is 11.1 Å². The summed E-state index contributed by atoms with van der Waals surface area (Å²) in [7, 11) is 0. The van der Waals surface area contributed by atoms with E-state index in [9.17, 15) is 10.1 Å². The lowest BCUT2D eigenvalue weighted by molar-refractivity contribution is -0.383. The van der Waals surface area contributed by atoms with Gasteiger partial charge in [0.15, 0.2) is 0 Å². The van der Waals surface area contributed by atoms with E-state index in [4.69, 9.17) is 5.73 Å². The van der Waals surface area contributed by atoms with Gasteiger partial charge in [0.2, 0.25) is 11.6 Å². The Bertz CT molecular complexity index is 831. The molecule has 2 aromatic heterocycles. The first-order chi connectivity index (χ1) is 10.2. The fourth-order valence-electron chi connectivity index (χ4n) is 2.00. The highest BCUT2D eigenvalue weighted by Crippen LogP contribution is 2.31. The van der Waals surface area contributed by atoms with Crippen LogP contribution in [0.4, 0.5) is 23.0 Å². The van der Waals surface area contributed by atoms with Gasteiger partial charge in [-0.2, -0.15) is 0 Å². The molecular weight excluding hydrogens is 272 g/mol. The highest BCUT2D eigenvalue weighted by molar-refractivity contribution is 5.92. The third-order valence-electron chi connectivity index (χ3n) is 2.92. The van der Waals surface area contributed by atoms with E-state index in [-0.39, 0.29) is 17.3 Å². The highest BCUT2D eigenvalue weighted by atomic mass is 16.6. The van der Waals surface area contributed by atoms with Crippen LogP contribution in [0.2, 0.25) is 0 Å². The maximum absolute atomic E-state index is 11.1. The number of anilines is 3. The van der Waals surface area contributed by atoms with Crippen molar-refractivity contribution in [2.45, 2.75) is 0 Å². The van der Waals surface area contributed by atoms with E-state index in [0.29, 0.717) is 11.2 Å². The zero-order valence-electron chi connectivity index (χ0n) is 10.7. The lowest BCUT2D eigenvalue weighted by atomic mass is 10.2. The third-order valence-corrected chi connectivity index (χ3v) is 2.92. The van der Waals surface area contributed by atoms with Crippen molar-refractivity contribution < 1.29 is 4.92 Å². The number of nitrogen functional groups attached to an aromatic ring is 1. The average Bonchev–Trinajstić information content (AvgIpc) is 2.47. The van der Waals surface area contributed by atoms with E-state index in [1.807, 2.05) is 24.3 Å². The minimum Gasteiger partial charge on any atom is -0.378 e. The number of nitro groups is 1. The Labute approximate surface area is 118 Å². The lowest BCUT2D eigenvalue weighted by Gasteiger charge is -2.08. The Morgan fingerprint density at radius 2 is 1.95 bits per heavy atom. The predicted octanol–water partition coefficient (Wildman–Crippen LogP) is 2.26. The zero-order chi connectivity index (χ0) is 14.8. The summed E-state index contributed by atoms with van der Waals surface area (Å²) in [6.45, 7) is 0. The molecule has 0 aliphatic carbocycles. The quantitative estimate of drug-likeness (QED) is 0.558. The summed E-state index contributed by atoms with van der Waals surface area (Å²) in [5.41, 5.74) is 6.48. The fourth-order valence-corrected chi connectivity index (χ4v) is 2.00. The zero-order valence-corrected chi connectivity index (χ0v) is 10.7. The number of hydrogen-bond donors (Lipinski definition) is 2. The van der Waals surface area contributed by atoms with Crippen molar-refractivity contribution in [3.8, 4) is 0 Å². The SMILES string of the molecule is Nc1ncnc(Nc2cccc3cccnc23)c1[N+](=O)[O-]. The molecule has 0 saturated heterocycles. The summed E-state index contributed by atoms with van der Waals surface area (Å²) in [6, 6.07) is 9.20. The summed E-state index contributed by atoms with van der Waals surface area (Å²) in [5, 5.41) is 14.9. The number of nitrogens with zero attached hydrogens (tertiary/aromatic N) is 4. The molecule has 104 valence electrons. The Kier molecular flexibility index (Phi) is 3.03. The molecule has 3 N–H and O–H groups in total. The van der Waals surface area contributed by atoms with Crippen molar-refractivity contribution in [3.05, 3.63) is 53.0 Å². The van der Waals surface area contributed by atoms with Crippen LogP contribution in [0.1, 0.15) is 0 Å². The monoisotopic (exact) mass is 282 g/mol. The fraction of sp³-hybridized carbons (Fsp3) is 0. The maximum Gasteiger partial charge on any atom is 0.353 e. The van der Waals surface area contributed by atoms with E-state index in [1.165, 1.54) is 6.33 Å². The summed E-state index contributed by atoms with van der Waals surface area (Å²) in [5.74, 6) is -0.156. The topological polar surface area (TPSA) is 120 Å². The van der Waals surface area contributed by atoms with Crippen LogP contribution in [0.15, 0.2) is 42.9 Å². The molecule has 0 radical (unpaired) electrons. The van der Waals surface area contributed by atoms with Crippen LogP contribution < -0.4 is 11.1 Å². The Morgan fingerprint density at radius 1 is 1.14 bits per heavy atom. The van der Waals surface area contributed by atoms with E-state index >= 15 is 0 Å². The number of fused-ring (bicyclic) bond motifs is 1. The molecule has 8 heteroatoms. The number of hydrogen-bond acceptors (Lipinski definition) is 7. The van der Waals surface area contributed by atoms with Crippen LogP contribution in [0.5, 0.6) is 0 Å².